The van der Waals surface area contributed by atoms with Gasteiger partial charge in [-0.05, 0) is 170 Å². The molecule has 0 unspecified atom stereocenters. The van der Waals surface area contributed by atoms with Crippen molar-refractivity contribution in [1.29, 1.82) is 0 Å². The van der Waals surface area contributed by atoms with Crippen LogP contribution in [0.2, 0.25) is 0 Å². The van der Waals surface area contributed by atoms with E-state index in [0.29, 0.717) is 138 Å². The number of hydrogen-bond donors (Lipinski definition) is 14. The number of aromatic amines is 2. The van der Waals surface area contributed by atoms with Crippen LogP contribution in [-0.4, -0.2) is 397 Å². The van der Waals surface area contributed by atoms with E-state index in [1.807, 2.05) is 20.8 Å². The number of imidazole rings is 5. The van der Waals surface area contributed by atoms with Crippen molar-refractivity contribution in [2.24, 2.45) is 0 Å². The van der Waals surface area contributed by atoms with Gasteiger partial charge in [-0.15, -0.1) is 77.5 Å². The van der Waals surface area contributed by atoms with E-state index >= 15 is 0 Å². The number of hydrogen-bond acceptors (Lipinski definition) is 35. The molecule has 42 nitrogen and oxygen atoms in total. The van der Waals surface area contributed by atoms with Crippen LogP contribution < -0.4 is 41.7 Å². The van der Waals surface area contributed by atoms with E-state index in [2.05, 4.69) is 190 Å². The van der Waals surface area contributed by atoms with Gasteiger partial charge in [-0.1, -0.05) is 27.2 Å². The molecule has 5 fully saturated rings. The van der Waals surface area contributed by atoms with Gasteiger partial charge in [-0.2, -0.15) is 29.9 Å². The van der Waals surface area contributed by atoms with Crippen LogP contribution in [0.4, 0.5) is 17.8 Å². The monoisotopic (exact) mass is 1970 g/mol. The summed E-state index contributed by atoms with van der Waals surface area (Å²) in [6.45, 7) is 29.0. The molecule has 15 heterocycles. The fourth-order valence-corrected chi connectivity index (χ4v) is 20.6. The fourth-order valence-electron chi connectivity index (χ4n) is 15.5. The molecule has 0 aromatic carbocycles. The Labute approximate surface area is 778 Å². The molecule has 0 saturated carbocycles. The summed E-state index contributed by atoms with van der Waals surface area (Å²) in [4.78, 5) is 85.6. The molecule has 0 amide bonds. The summed E-state index contributed by atoms with van der Waals surface area (Å²) in [5.74, 6) is 2.94. The van der Waals surface area contributed by atoms with E-state index in [9.17, 15) is 55.5 Å². The lowest BCUT2D eigenvalue weighted by molar-refractivity contribution is -0.0353. The minimum atomic E-state index is -1.27. The molecule has 5 saturated heterocycles. The number of nitrogens with two attached hydrogens (primary N) is 1. The normalized spacial score (nSPS) is 26.2. The van der Waals surface area contributed by atoms with Crippen LogP contribution in [0, 0.1) is 13.8 Å². The highest BCUT2D eigenvalue weighted by molar-refractivity contribution is 7.73. The van der Waals surface area contributed by atoms with Crippen molar-refractivity contribution >= 4 is 151 Å². The molecule has 15 N–H and O–H groups in total. The first kappa shape index (κ1) is 106. The van der Waals surface area contributed by atoms with Gasteiger partial charge < -0.3 is 100 Å². The molecule has 0 aliphatic carbocycles. The largest absolute Gasteiger partial charge is 0.479 e. The van der Waals surface area contributed by atoms with Gasteiger partial charge in [0, 0.05) is 13.1 Å². The van der Waals surface area contributed by atoms with Crippen LogP contribution in [-0.2, 0) is 23.7 Å². The van der Waals surface area contributed by atoms with Crippen molar-refractivity contribution in [3.05, 3.63) is 64.0 Å². The minimum Gasteiger partial charge on any atom is -0.479 e. The Bertz CT molecular complexity index is 5990. The second kappa shape index (κ2) is 44.9. The van der Waals surface area contributed by atoms with Crippen molar-refractivity contribution in [2.45, 2.75) is 221 Å². The van der Waals surface area contributed by atoms with Gasteiger partial charge in [0.1, 0.15) is 72.0 Å². The van der Waals surface area contributed by atoms with Gasteiger partial charge in [0.05, 0.1) is 82.5 Å². The Hall–Kier alpha value is -7.62. The minimum absolute atomic E-state index is 0.0449. The second-order valence-corrected chi connectivity index (χ2v) is 59.7. The van der Waals surface area contributed by atoms with E-state index in [0.717, 1.165) is 62.9 Å². The lowest BCUT2D eigenvalue weighted by Gasteiger charge is -2.19. The number of aromatic nitrogens is 20. The zero-order chi connectivity index (χ0) is 97.4. The quantitative estimate of drug-likeness (QED) is 0.0128. The Morgan fingerprint density at radius 1 is 0.406 bits per heavy atom. The molecule has 15 rings (SSSR count). The first-order valence-corrected chi connectivity index (χ1v) is 60.3. The van der Waals surface area contributed by atoms with E-state index in [4.69, 9.17) is 55.2 Å². The summed E-state index contributed by atoms with van der Waals surface area (Å²) < 4.78 is 54.3. The second-order valence-electron chi connectivity index (χ2n) is 37.6. The molecular formula is C85H137ClN23O19P5. The number of aliphatic hydroxyl groups is 9. The smallest absolute Gasteiger partial charge is 0.280 e. The van der Waals surface area contributed by atoms with Gasteiger partial charge in [-0.25, -0.2) is 34.9 Å². The molecule has 5 aliphatic rings. The van der Waals surface area contributed by atoms with Crippen molar-refractivity contribution in [3.8, 4) is 17.6 Å². The van der Waals surface area contributed by atoms with Gasteiger partial charge in [0.25, 0.3) is 11.1 Å². The zero-order valence-electron chi connectivity index (χ0n) is 79.0. The maximum atomic E-state index is 12.3. The number of unbranched alkanes of at least 4 members (excludes halogenated alkanes) is 1. The summed E-state index contributed by atoms with van der Waals surface area (Å²) in [7, 11) is 1.52. The standard InChI is InChI=1S/C18H30N5O4P.C17H26ClN4O3P.2C17H28N5O4P.C16H25N4O4P/c1-5-6-8-19-18-21-15-12(16(26)22-18)20-10-23(15)17-14(25)13(24)11(27-17)7-9-28(2,3)4;1-6-24-16-13-15(20-10(2)21-16)22(9-19-13)17-12(18)14(23)11(25-17)7-8-26(3,4)5;1-5-7-25-15-11-14(20-17(18)21-15)22(9-19-11)16-13(24)12(23)10(26-16)6-8-27(2,3)4;1-5-7-18-17-20-14-11(15(25)21-17)19-9-22(14)16-13(24)12(23)10(26-16)6-8-27(2,3)4;1-9-18-14-11(15(19-9)23-2)17-8-20(14)16-13(22)12(21)10(24-16)6-7-25(3,4)5/h10-11,13-14,17,24-25H,2,5-9H2,1,3-4H3,(H2,19,21,22,26);9,11-12,14,17,23H,3,6-8H2,1-2,4-5H3;9-10,12-13,16,23-24H,2,5-8H2,1,3-4H3,(H2,18,20,21);9-10,12-13,16,23-24H,2,5-8H2,1,3-4H3,(H2,18,20,21,25);8,10,12-13,16,21-22H,3,6-7H2,1-2,4-5H3/t11-,13-,14-,17-;11-,12-,14-,17-;3*10-,12-,13-,16-/m11111/s1. The molecule has 48 heteroatoms. The Morgan fingerprint density at radius 3 is 1.05 bits per heavy atom. The van der Waals surface area contributed by atoms with Gasteiger partial charge >= 0.3 is 0 Å². The third kappa shape index (κ3) is 26.5. The van der Waals surface area contributed by atoms with Crippen molar-refractivity contribution in [3.63, 3.8) is 0 Å². The summed E-state index contributed by atoms with van der Waals surface area (Å²) in [6.07, 6.45) is 24.5. The van der Waals surface area contributed by atoms with Crippen LogP contribution in [0.1, 0.15) is 128 Å². The summed E-state index contributed by atoms with van der Waals surface area (Å²) >= 11 is 6.50. The number of ether oxygens (including phenoxy) is 8. The average molecular weight is 1980 g/mol. The highest BCUT2D eigenvalue weighted by atomic mass is 35.5. The SMILES string of the molecule is C=P(C)(C)CC[C@H]1O[C@@H](n2cnc3c(=O)[nH]c(NCCC)nc32)[C@H](O)[C@@H]1O.C=P(C)(C)CC[C@H]1O[C@@H](n2cnc3c(=O)[nH]c(NCCCC)nc32)[C@H](O)[C@@H]1O.C=P(C)(C)CC[C@H]1O[C@@H](n2cnc3c(OC)nc(C)nc32)[C@H](O)[C@@H]1O.C=P(C)(C)CC[C@H]1O[C@@H](n2cnc3c(OCC)nc(C)nc32)[C@H](Cl)[C@@H]1O.C=P(C)(C)CC[C@H]1O[C@@H](n2cnc3c(OCCC)nc(N)nc32)[C@H](O)[C@@H]1O. The Morgan fingerprint density at radius 2 is 0.714 bits per heavy atom. The number of nitrogen functional groups attached to an aromatic ring is 1. The molecule has 0 radical (unpaired) electrons. The number of nitrogens with one attached hydrogen (secondary N) is 4. The van der Waals surface area contributed by atoms with Crippen LogP contribution in [0.15, 0.2) is 41.2 Å². The predicted molar refractivity (Wildman–Crippen MR) is 532 cm³/mol. The number of alkyl halides is 1. The number of nitrogens with zero attached hydrogens (tertiary/aromatic N) is 18. The maximum absolute atomic E-state index is 12.3. The van der Waals surface area contributed by atoms with E-state index < -0.39 is 150 Å². The number of methoxy groups -OCH3 is 1. The lowest BCUT2D eigenvalue weighted by Crippen LogP contribution is -2.32. The molecular weight excluding hydrogens is 1840 g/mol. The number of H-pyrrole nitrogens is 2. The first-order chi connectivity index (χ1) is 62.5. The third-order valence-electron chi connectivity index (χ3n) is 22.7. The van der Waals surface area contributed by atoms with Crippen LogP contribution >= 0.6 is 46.0 Å². The number of fused-ring (bicyclic) bond motifs is 5. The van der Waals surface area contributed by atoms with Gasteiger partial charge in [0.15, 0.2) is 87.0 Å². The highest BCUT2D eigenvalue weighted by Gasteiger charge is 2.50. The molecule has 5 aliphatic heterocycles. The fraction of sp³-hybridized carbons (Fsp3) is 0.647. The van der Waals surface area contributed by atoms with Crippen molar-refractivity contribution in [2.75, 3.05) is 147 Å². The molecule has 10 aromatic rings. The topological polar surface area (TPSA) is 564 Å². The number of rotatable bonds is 33. The Balaban J connectivity index is 0.000000160. The van der Waals surface area contributed by atoms with Crippen molar-refractivity contribution in [1.82, 2.24) is 97.6 Å². The van der Waals surface area contributed by atoms with Crippen molar-refractivity contribution < 1.29 is 83.9 Å². The van der Waals surface area contributed by atoms with Gasteiger partial charge in [0.2, 0.25) is 35.5 Å². The Kier molecular flexibility index (Phi) is 35.7. The number of aryl methyl sites for hydroxylation is 2. The van der Waals surface area contributed by atoms with Crippen LogP contribution in [0.25, 0.3) is 55.8 Å². The first-order valence-electron chi connectivity index (χ1n) is 44.6. The van der Waals surface area contributed by atoms with Crippen LogP contribution in [0.5, 0.6) is 17.6 Å². The third-order valence-corrected chi connectivity index (χ3v) is 30.5. The van der Waals surface area contributed by atoms with E-state index in [1.165, 1.54) is 41.6 Å². The summed E-state index contributed by atoms with van der Waals surface area (Å²) in [6, 6.07) is 0. The van der Waals surface area contributed by atoms with Gasteiger partial charge in [-0.3, -0.25) is 42.4 Å². The predicted octanol–water partition coefficient (Wildman–Crippen LogP) is 5.99. The van der Waals surface area contributed by atoms with E-state index in [1.54, 1.807) is 33.9 Å². The lowest BCUT2D eigenvalue weighted by atomic mass is 10.1. The molecule has 10 aromatic heterocycles. The highest BCUT2D eigenvalue weighted by Crippen LogP contribution is 2.47. The summed E-state index contributed by atoms with van der Waals surface area (Å²) in [5, 5.41) is 99.8. The zero-order valence-corrected chi connectivity index (χ0v) is 84.3. The van der Waals surface area contributed by atoms with Crippen LogP contribution in [0.3, 0.4) is 0 Å². The summed E-state index contributed by atoms with van der Waals surface area (Å²) in [5.41, 5.74) is 9.01. The number of halogens is 1. The average Bonchev–Trinajstić information content (AvgIpc) is 1.64. The number of anilines is 3. The molecule has 738 valence electrons. The maximum Gasteiger partial charge on any atom is 0.280 e. The van der Waals surface area contributed by atoms with E-state index in [-0.39, 0.29) is 34.2 Å². The number of aliphatic hydroxyl groups excluding tert-OH is 9. The molecule has 20 atom stereocenters. The molecule has 0 spiro atoms. The molecule has 0 bridgehead atoms. The molecule has 133 heavy (non-hydrogen) atoms.